The third-order valence-corrected chi connectivity index (χ3v) is 10.0. The maximum Gasteiger partial charge on any atom is 0.251 e. The Hall–Kier alpha value is -2.13. The van der Waals surface area contributed by atoms with E-state index in [1.54, 1.807) is 18.2 Å². The second-order valence-corrected chi connectivity index (χ2v) is 12.2. The summed E-state index contributed by atoms with van der Waals surface area (Å²) in [7, 11) is 0. The number of nitrogens with one attached hydrogen (secondary N) is 1. The van der Waals surface area contributed by atoms with Crippen LogP contribution in [0.25, 0.3) is 0 Å². The Morgan fingerprint density at radius 1 is 1.17 bits per heavy atom. The minimum Gasteiger partial charge on any atom is -0.632 e. The highest BCUT2D eigenvalue weighted by molar-refractivity contribution is 9.10. The van der Waals surface area contributed by atoms with Gasteiger partial charge < -0.3 is 30.1 Å². The predicted molar refractivity (Wildman–Crippen MR) is 132 cm³/mol. The number of aliphatic hydroxyl groups is 1. The first-order chi connectivity index (χ1) is 16.7. The van der Waals surface area contributed by atoms with Crippen LogP contribution < -0.4 is 10.1 Å². The summed E-state index contributed by atoms with van der Waals surface area (Å²) in [6.07, 6.45) is 3.56. The number of halogens is 1. The largest absolute Gasteiger partial charge is 0.632 e. The average molecular weight is 541 g/mol. The van der Waals surface area contributed by atoms with E-state index in [0.717, 1.165) is 28.4 Å². The maximum absolute atomic E-state index is 14.3. The number of hydrogen-bond donors (Lipinski definition) is 3. The number of benzene rings is 2. The number of ether oxygens (including phenoxy) is 1. The van der Waals surface area contributed by atoms with E-state index < -0.39 is 23.2 Å². The Bertz CT molecular complexity index is 1230. The summed E-state index contributed by atoms with van der Waals surface area (Å²) < 4.78 is 7.01. The van der Waals surface area contributed by atoms with Gasteiger partial charge >= 0.3 is 0 Å². The molecule has 7 nitrogen and oxygen atoms in total. The van der Waals surface area contributed by atoms with Crippen LogP contribution in [0.4, 0.5) is 0 Å². The van der Waals surface area contributed by atoms with E-state index in [-0.39, 0.29) is 22.3 Å². The summed E-state index contributed by atoms with van der Waals surface area (Å²) >= 11 is 3.40. The number of hydroxylamine groups is 3. The van der Waals surface area contributed by atoms with Gasteiger partial charge in [0.05, 0.1) is 24.5 Å². The smallest absolute Gasteiger partial charge is 0.251 e. The first kappa shape index (κ1) is 22.1. The van der Waals surface area contributed by atoms with E-state index in [2.05, 4.69) is 21.2 Å². The second kappa shape index (κ2) is 7.22. The van der Waals surface area contributed by atoms with E-state index in [0.29, 0.717) is 56.0 Å². The lowest BCUT2D eigenvalue weighted by molar-refractivity contribution is -0.924. The molecule has 2 aromatic rings. The van der Waals surface area contributed by atoms with Gasteiger partial charge in [-0.1, -0.05) is 22.0 Å². The van der Waals surface area contributed by atoms with E-state index in [1.807, 2.05) is 18.2 Å². The normalized spacial score (nSPS) is 38.4. The monoisotopic (exact) mass is 540 g/mol. The standard InChI is InChI=1S/C27H29BrN2O5/c28-18-6-3-16(4-7-18)25(32)29-19-9-10-27(33)21-13-17-5-8-20(31)23-22(17)26(27,24(19)35-23)11-12-30(21,34)14-15-1-2-15/h3-8,15,19,21,24,31,33H,1-2,9-14H2,(H,29,32)/t19-,21-,24+,26+,27-,30?/m1/s1. The van der Waals surface area contributed by atoms with E-state index in [1.165, 1.54) is 0 Å². The number of amides is 1. The first-order valence-electron chi connectivity index (χ1n) is 12.6. The van der Waals surface area contributed by atoms with Crippen LogP contribution in [0.3, 0.4) is 0 Å². The van der Waals surface area contributed by atoms with Crippen molar-refractivity contribution in [2.75, 3.05) is 13.1 Å². The van der Waals surface area contributed by atoms with Crippen LogP contribution in [0.2, 0.25) is 0 Å². The number of likely N-dealkylation sites (tertiary alicyclic amines) is 1. The van der Waals surface area contributed by atoms with Crippen molar-refractivity contribution in [3.05, 3.63) is 62.8 Å². The van der Waals surface area contributed by atoms with Gasteiger partial charge in [0.2, 0.25) is 0 Å². The fourth-order valence-electron chi connectivity index (χ4n) is 7.76. The molecule has 8 heteroatoms. The van der Waals surface area contributed by atoms with Gasteiger partial charge in [0.15, 0.2) is 11.5 Å². The quantitative estimate of drug-likeness (QED) is 0.406. The van der Waals surface area contributed by atoms with Gasteiger partial charge in [0.25, 0.3) is 5.91 Å². The summed E-state index contributed by atoms with van der Waals surface area (Å²) in [5.74, 6) is 0.735. The number of phenols is 1. The van der Waals surface area contributed by atoms with Crippen molar-refractivity contribution >= 4 is 21.8 Å². The Morgan fingerprint density at radius 3 is 2.69 bits per heavy atom. The number of rotatable bonds is 4. The summed E-state index contributed by atoms with van der Waals surface area (Å²) in [5.41, 5.74) is 0.350. The molecule has 5 aliphatic rings. The zero-order valence-electron chi connectivity index (χ0n) is 19.4. The zero-order chi connectivity index (χ0) is 24.2. The van der Waals surface area contributed by atoms with Gasteiger partial charge in [-0.15, -0.1) is 0 Å². The third kappa shape index (κ3) is 2.91. The molecule has 0 radical (unpaired) electrons. The fourth-order valence-corrected chi connectivity index (χ4v) is 8.02. The number of phenolic OH excluding ortho intramolecular Hbond substituents is 1. The van der Waals surface area contributed by atoms with Crippen LogP contribution in [0.5, 0.6) is 11.5 Å². The molecular formula is C27H29BrN2O5. The van der Waals surface area contributed by atoms with Gasteiger partial charge in [0.1, 0.15) is 17.7 Å². The molecule has 6 atom stereocenters. The molecule has 2 saturated carbocycles. The molecule has 184 valence electrons. The third-order valence-electron chi connectivity index (χ3n) is 9.48. The second-order valence-electron chi connectivity index (χ2n) is 11.3. The van der Waals surface area contributed by atoms with Crippen LogP contribution in [-0.2, 0) is 11.8 Å². The number of nitrogens with zero attached hydrogens (tertiary/aromatic N) is 1. The Morgan fingerprint density at radius 2 is 1.94 bits per heavy atom. The van der Waals surface area contributed by atoms with Crippen LogP contribution in [0.15, 0.2) is 40.9 Å². The van der Waals surface area contributed by atoms with Gasteiger partial charge in [-0.3, -0.25) is 4.79 Å². The van der Waals surface area contributed by atoms with Crippen LogP contribution in [0.1, 0.15) is 53.6 Å². The predicted octanol–water partition coefficient (Wildman–Crippen LogP) is 3.53. The first-order valence-corrected chi connectivity index (χ1v) is 13.4. The number of piperidine rings is 1. The average Bonchev–Trinajstić information content (AvgIpc) is 3.56. The Labute approximate surface area is 212 Å². The van der Waals surface area contributed by atoms with Crippen molar-refractivity contribution in [3.63, 3.8) is 0 Å². The Kier molecular flexibility index (Phi) is 4.56. The highest BCUT2D eigenvalue weighted by atomic mass is 79.9. The lowest BCUT2D eigenvalue weighted by atomic mass is 9.48. The lowest BCUT2D eigenvalue weighted by Gasteiger charge is -2.68. The van der Waals surface area contributed by atoms with Crippen molar-refractivity contribution in [1.29, 1.82) is 0 Å². The zero-order valence-corrected chi connectivity index (χ0v) is 21.0. The molecule has 1 amide bonds. The summed E-state index contributed by atoms with van der Waals surface area (Å²) in [6, 6.07) is 9.92. The van der Waals surface area contributed by atoms with Crippen LogP contribution in [0, 0.1) is 11.1 Å². The summed E-state index contributed by atoms with van der Waals surface area (Å²) in [6.45, 7) is 0.990. The number of hydrogen-bond acceptors (Lipinski definition) is 5. The lowest BCUT2D eigenvalue weighted by Crippen LogP contribution is -2.81. The molecule has 2 heterocycles. The van der Waals surface area contributed by atoms with Crippen LogP contribution >= 0.6 is 15.9 Å². The van der Waals surface area contributed by atoms with Crippen molar-refractivity contribution in [2.24, 2.45) is 5.92 Å². The molecule has 3 fully saturated rings. The van der Waals surface area contributed by atoms with E-state index in [9.17, 15) is 20.2 Å². The topological polar surface area (TPSA) is 102 Å². The Balaban J connectivity index is 1.31. The number of aromatic hydroxyl groups is 1. The van der Waals surface area contributed by atoms with Gasteiger partial charge in [-0.25, -0.2) is 0 Å². The highest BCUT2D eigenvalue weighted by Crippen LogP contribution is 2.66. The molecular weight excluding hydrogens is 512 g/mol. The van der Waals surface area contributed by atoms with Crippen molar-refractivity contribution in [3.8, 4) is 11.5 Å². The molecule has 1 saturated heterocycles. The molecule has 3 N–H and O–H groups in total. The summed E-state index contributed by atoms with van der Waals surface area (Å²) in [5, 5.41) is 40.6. The maximum atomic E-state index is 14.3. The number of carbonyl (C=O) groups excluding carboxylic acids is 1. The molecule has 0 aromatic heterocycles. The van der Waals surface area contributed by atoms with Gasteiger partial charge in [-0.05, 0) is 61.6 Å². The minimum absolute atomic E-state index is 0.0535. The van der Waals surface area contributed by atoms with Crippen molar-refractivity contribution in [2.45, 2.75) is 67.7 Å². The van der Waals surface area contributed by atoms with Gasteiger partial charge in [-0.2, -0.15) is 0 Å². The summed E-state index contributed by atoms with van der Waals surface area (Å²) in [4.78, 5) is 13.2. The molecule has 2 bridgehead atoms. The molecule has 3 aliphatic carbocycles. The minimum atomic E-state index is -1.24. The van der Waals surface area contributed by atoms with Gasteiger partial charge in [0, 0.05) is 34.4 Å². The molecule has 35 heavy (non-hydrogen) atoms. The SMILES string of the molecule is O=C(N[C@@H]1CC[C@@]2(O)[C@H]3Cc4ccc(O)c5c4[C@@]2(CC[N+]3([O-])CC2CC2)[C@H]1O5)c1ccc(Br)cc1. The highest BCUT2D eigenvalue weighted by Gasteiger charge is 2.76. The fraction of sp³-hybridized carbons (Fsp3) is 0.519. The molecule has 1 spiro atoms. The molecule has 2 aliphatic heterocycles. The van der Waals surface area contributed by atoms with E-state index in [4.69, 9.17) is 4.74 Å². The molecule has 7 rings (SSSR count). The van der Waals surface area contributed by atoms with Crippen molar-refractivity contribution < 1.29 is 24.4 Å². The van der Waals surface area contributed by atoms with E-state index >= 15 is 0 Å². The molecule has 1 unspecified atom stereocenters. The van der Waals surface area contributed by atoms with Crippen LogP contribution in [-0.4, -0.2) is 57.6 Å². The van der Waals surface area contributed by atoms with Crippen molar-refractivity contribution in [1.82, 2.24) is 5.32 Å². The number of quaternary nitrogens is 1. The molecule has 2 aromatic carbocycles. The number of carbonyl (C=O) groups is 1.